The van der Waals surface area contributed by atoms with Gasteiger partial charge in [0.05, 0.1) is 5.56 Å². The second-order valence-electron chi connectivity index (χ2n) is 5.42. The highest BCUT2D eigenvalue weighted by molar-refractivity contribution is 5.98. The van der Waals surface area contributed by atoms with Crippen molar-refractivity contribution in [2.24, 2.45) is 11.8 Å². The van der Waals surface area contributed by atoms with E-state index in [1.807, 2.05) is 13.0 Å². The quantitative estimate of drug-likeness (QED) is 0.876. The second kappa shape index (κ2) is 6.04. The molecule has 0 radical (unpaired) electrons. The number of nitrogens with one attached hydrogen (secondary N) is 2. The summed E-state index contributed by atoms with van der Waals surface area (Å²) in [5, 5.41) is 6.29. The van der Waals surface area contributed by atoms with E-state index in [9.17, 15) is 4.79 Å². The molecule has 1 aromatic rings. The Balaban J connectivity index is 2.08. The Bertz CT molecular complexity index is 447. The monoisotopic (exact) mass is 261 g/mol. The molecule has 3 unspecified atom stereocenters. The predicted molar refractivity (Wildman–Crippen MR) is 77.2 cm³/mol. The fraction of sp³-hybridized carbons (Fsp3) is 0.600. The number of hydrogen-bond donors (Lipinski definition) is 2. The molecule has 4 nitrogen and oxygen atoms in total. The molecule has 1 fully saturated rings. The predicted octanol–water partition coefficient (Wildman–Crippen LogP) is 2.68. The summed E-state index contributed by atoms with van der Waals surface area (Å²) in [6.07, 6.45) is 3.97. The van der Waals surface area contributed by atoms with Gasteiger partial charge in [-0.3, -0.25) is 4.79 Å². The van der Waals surface area contributed by atoms with Crippen LogP contribution in [0.15, 0.2) is 18.3 Å². The molecule has 104 valence electrons. The molecular formula is C15H23N3O. The molecule has 19 heavy (non-hydrogen) atoms. The van der Waals surface area contributed by atoms with Crippen LogP contribution >= 0.6 is 0 Å². The first-order chi connectivity index (χ1) is 9.13. The van der Waals surface area contributed by atoms with E-state index in [0.717, 1.165) is 13.0 Å². The number of amides is 1. The third-order valence-corrected chi connectivity index (χ3v) is 4.18. The van der Waals surface area contributed by atoms with Crippen molar-refractivity contribution in [2.45, 2.75) is 39.7 Å². The average Bonchev–Trinajstić information content (AvgIpc) is 2.72. The number of nitrogens with zero attached hydrogens (tertiary/aromatic N) is 1. The van der Waals surface area contributed by atoms with Gasteiger partial charge in [-0.2, -0.15) is 0 Å². The van der Waals surface area contributed by atoms with Crippen LogP contribution < -0.4 is 10.6 Å². The van der Waals surface area contributed by atoms with Gasteiger partial charge in [-0.05, 0) is 43.7 Å². The first-order valence-corrected chi connectivity index (χ1v) is 7.13. The third kappa shape index (κ3) is 3.06. The molecular weight excluding hydrogens is 238 g/mol. The van der Waals surface area contributed by atoms with E-state index in [0.29, 0.717) is 23.2 Å². The van der Waals surface area contributed by atoms with E-state index < -0.39 is 0 Å². The number of anilines is 1. The van der Waals surface area contributed by atoms with Gasteiger partial charge in [0.15, 0.2) is 0 Å². The van der Waals surface area contributed by atoms with Gasteiger partial charge in [-0.25, -0.2) is 4.98 Å². The minimum atomic E-state index is -0.0185. The largest absolute Gasteiger partial charge is 0.370 e. The standard InChI is InChI=1S/C15H23N3O/c1-4-16-14-12(6-5-9-17-14)15(19)18-13-8-7-10(2)11(13)3/h5-6,9-11,13H,4,7-8H2,1-3H3,(H,16,17)(H,18,19). The number of hydrogen-bond acceptors (Lipinski definition) is 3. The topological polar surface area (TPSA) is 54.0 Å². The smallest absolute Gasteiger partial charge is 0.255 e. The van der Waals surface area contributed by atoms with Crippen molar-refractivity contribution in [2.75, 3.05) is 11.9 Å². The summed E-state index contributed by atoms with van der Waals surface area (Å²) in [5.41, 5.74) is 0.635. The molecule has 0 spiro atoms. The second-order valence-corrected chi connectivity index (χ2v) is 5.42. The van der Waals surface area contributed by atoms with Gasteiger partial charge in [-0.1, -0.05) is 13.8 Å². The molecule has 4 heteroatoms. The highest BCUT2D eigenvalue weighted by Crippen LogP contribution is 2.31. The summed E-state index contributed by atoms with van der Waals surface area (Å²) in [6, 6.07) is 3.91. The van der Waals surface area contributed by atoms with E-state index in [-0.39, 0.29) is 11.9 Å². The summed E-state index contributed by atoms with van der Waals surface area (Å²) < 4.78 is 0. The lowest BCUT2D eigenvalue weighted by Gasteiger charge is -2.20. The fourth-order valence-corrected chi connectivity index (χ4v) is 2.71. The zero-order chi connectivity index (χ0) is 13.8. The van der Waals surface area contributed by atoms with Gasteiger partial charge in [0, 0.05) is 18.8 Å². The van der Waals surface area contributed by atoms with Crippen LogP contribution in [0, 0.1) is 11.8 Å². The van der Waals surface area contributed by atoms with Crippen LogP contribution in [-0.2, 0) is 0 Å². The molecule has 1 aromatic heterocycles. The van der Waals surface area contributed by atoms with Crippen molar-refractivity contribution in [3.63, 3.8) is 0 Å². The van der Waals surface area contributed by atoms with Gasteiger partial charge in [0.2, 0.25) is 0 Å². The first kappa shape index (κ1) is 13.8. The van der Waals surface area contributed by atoms with Crippen LogP contribution in [-0.4, -0.2) is 23.5 Å². The Labute approximate surface area is 115 Å². The minimum Gasteiger partial charge on any atom is -0.370 e. The molecule has 0 aliphatic heterocycles. The van der Waals surface area contributed by atoms with Crippen molar-refractivity contribution in [1.29, 1.82) is 0 Å². The highest BCUT2D eigenvalue weighted by atomic mass is 16.1. The van der Waals surface area contributed by atoms with E-state index in [1.54, 1.807) is 12.3 Å². The third-order valence-electron chi connectivity index (χ3n) is 4.18. The molecule has 1 aliphatic carbocycles. The maximum atomic E-state index is 12.4. The Kier molecular flexibility index (Phi) is 4.40. The zero-order valence-corrected chi connectivity index (χ0v) is 11.9. The molecule has 0 bridgehead atoms. The summed E-state index contributed by atoms with van der Waals surface area (Å²) in [6.45, 7) is 7.23. The van der Waals surface area contributed by atoms with Crippen molar-refractivity contribution in [3.8, 4) is 0 Å². The van der Waals surface area contributed by atoms with Gasteiger partial charge in [0.25, 0.3) is 5.91 Å². The Morgan fingerprint density at radius 3 is 2.84 bits per heavy atom. The normalized spacial score (nSPS) is 26.2. The number of carbonyl (C=O) groups excluding carboxylic acids is 1. The van der Waals surface area contributed by atoms with E-state index in [4.69, 9.17) is 0 Å². The SMILES string of the molecule is CCNc1ncccc1C(=O)NC1CCC(C)C1C. The van der Waals surface area contributed by atoms with Crippen LogP contribution in [0.3, 0.4) is 0 Å². The average molecular weight is 261 g/mol. The van der Waals surface area contributed by atoms with Gasteiger partial charge in [0.1, 0.15) is 5.82 Å². The Morgan fingerprint density at radius 1 is 1.42 bits per heavy atom. The molecule has 1 saturated carbocycles. The van der Waals surface area contributed by atoms with Crippen molar-refractivity contribution >= 4 is 11.7 Å². The van der Waals surface area contributed by atoms with Gasteiger partial charge in [-0.15, -0.1) is 0 Å². The number of carbonyl (C=O) groups is 1. The van der Waals surface area contributed by atoms with Crippen molar-refractivity contribution < 1.29 is 4.79 Å². The lowest BCUT2D eigenvalue weighted by Crippen LogP contribution is -2.37. The summed E-state index contributed by atoms with van der Waals surface area (Å²) in [7, 11) is 0. The summed E-state index contributed by atoms with van der Waals surface area (Å²) in [4.78, 5) is 16.6. The molecule has 1 heterocycles. The van der Waals surface area contributed by atoms with E-state index in [1.165, 1.54) is 6.42 Å². The van der Waals surface area contributed by atoms with Crippen LogP contribution in [0.25, 0.3) is 0 Å². The molecule has 2 N–H and O–H groups in total. The maximum absolute atomic E-state index is 12.4. The molecule has 3 atom stereocenters. The Hall–Kier alpha value is -1.58. The maximum Gasteiger partial charge on any atom is 0.255 e. The van der Waals surface area contributed by atoms with Crippen LogP contribution in [0.2, 0.25) is 0 Å². The summed E-state index contributed by atoms with van der Waals surface area (Å²) in [5.74, 6) is 1.88. The van der Waals surface area contributed by atoms with Gasteiger partial charge < -0.3 is 10.6 Å². The number of rotatable bonds is 4. The van der Waals surface area contributed by atoms with Crippen molar-refractivity contribution in [3.05, 3.63) is 23.9 Å². The van der Waals surface area contributed by atoms with Crippen LogP contribution in [0.4, 0.5) is 5.82 Å². The highest BCUT2D eigenvalue weighted by Gasteiger charge is 2.31. The lowest BCUT2D eigenvalue weighted by molar-refractivity contribution is 0.0928. The lowest BCUT2D eigenvalue weighted by atomic mass is 9.97. The molecule has 0 aromatic carbocycles. The van der Waals surface area contributed by atoms with E-state index >= 15 is 0 Å². The zero-order valence-electron chi connectivity index (χ0n) is 11.9. The van der Waals surface area contributed by atoms with E-state index in [2.05, 4.69) is 29.5 Å². The van der Waals surface area contributed by atoms with Crippen molar-refractivity contribution in [1.82, 2.24) is 10.3 Å². The molecule has 0 saturated heterocycles. The summed E-state index contributed by atoms with van der Waals surface area (Å²) >= 11 is 0. The van der Waals surface area contributed by atoms with Gasteiger partial charge >= 0.3 is 0 Å². The molecule has 2 rings (SSSR count). The molecule has 1 amide bonds. The fourth-order valence-electron chi connectivity index (χ4n) is 2.71. The first-order valence-electron chi connectivity index (χ1n) is 7.13. The number of aromatic nitrogens is 1. The minimum absolute atomic E-state index is 0.0185. The van der Waals surface area contributed by atoms with Crippen LogP contribution in [0.5, 0.6) is 0 Å². The number of pyridine rings is 1. The Morgan fingerprint density at radius 2 is 2.21 bits per heavy atom. The van der Waals surface area contributed by atoms with Crippen LogP contribution in [0.1, 0.15) is 44.0 Å². The molecule has 1 aliphatic rings.